The van der Waals surface area contributed by atoms with Gasteiger partial charge in [0.05, 0.1) is 6.61 Å². The predicted octanol–water partition coefficient (Wildman–Crippen LogP) is 4.90. The molecule has 1 N–H and O–H groups in total. The van der Waals surface area contributed by atoms with E-state index in [-0.39, 0.29) is 19.0 Å². The van der Waals surface area contributed by atoms with E-state index in [4.69, 9.17) is 13.5 Å². The quantitative estimate of drug-likeness (QED) is 0.328. The Morgan fingerprint density at radius 2 is 1.39 bits per heavy atom. The van der Waals surface area contributed by atoms with E-state index in [9.17, 15) is 8.42 Å². The molecule has 0 bridgehead atoms. The summed E-state index contributed by atoms with van der Waals surface area (Å²) in [4.78, 5) is 2.29. The molecule has 0 aliphatic carbocycles. The number of hydrogen-bond acceptors (Lipinski definition) is 6. The van der Waals surface area contributed by atoms with Crippen molar-refractivity contribution in [3.8, 4) is 5.75 Å². The van der Waals surface area contributed by atoms with Crippen LogP contribution in [0.4, 0.5) is 5.69 Å². The minimum absolute atomic E-state index is 0.0711. The van der Waals surface area contributed by atoms with Crippen molar-refractivity contribution >= 4 is 28.2 Å². The molecule has 0 atom stereocenters. The predicted molar refractivity (Wildman–Crippen MR) is 126 cm³/mol. The zero-order valence-electron chi connectivity index (χ0n) is 18.4. The minimum Gasteiger partial charge on any atom is -0.396 e. The molecule has 0 fully saturated rings. The molecule has 6 nitrogen and oxygen atoms in total. The average molecular weight is 448 g/mol. The zero-order valence-corrected chi connectivity index (χ0v) is 19.2. The molecule has 2 aromatic rings. The minimum atomic E-state index is -4.08. The Morgan fingerprint density at radius 1 is 0.839 bits per heavy atom. The number of unbranched alkanes of at least 4 members (excludes halogenated alkanes) is 3. The van der Waals surface area contributed by atoms with Crippen molar-refractivity contribution in [1.82, 2.24) is 0 Å². The number of rotatable bonds is 14. The third-order valence-electron chi connectivity index (χ3n) is 4.85. The lowest BCUT2D eigenvalue weighted by atomic mass is 10.1. The molecular formula is C24H33NO5S. The molecule has 0 aromatic heterocycles. The van der Waals surface area contributed by atoms with Crippen LogP contribution in [0.5, 0.6) is 5.75 Å². The normalized spacial score (nSPS) is 11.7. The smallest absolute Gasteiger partial charge is 0.396 e. The van der Waals surface area contributed by atoms with Crippen LogP contribution in [0.2, 0.25) is 0 Å². The van der Waals surface area contributed by atoms with Gasteiger partial charge in [-0.2, -0.15) is 8.42 Å². The molecular weight excluding hydrogens is 414 g/mol. The van der Waals surface area contributed by atoms with E-state index < -0.39 is 10.4 Å². The second-order valence-electron chi connectivity index (χ2n) is 7.12. The molecule has 0 aliphatic heterocycles. The fourth-order valence-electron chi connectivity index (χ4n) is 3.08. The van der Waals surface area contributed by atoms with E-state index in [0.717, 1.165) is 37.1 Å². The van der Waals surface area contributed by atoms with Gasteiger partial charge in [0.25, 0.3) is 0 Å². The Kier molecular flexibility index (Phi) is 10.6. The highest BCUT2D eigenvalue weighted by Gasteiger charge is 2.13. The first-order valence-corrected chi connectivity index (χ1v) is 12.1. The van der Waals surface area contributed by atoms with Gasteiger partial charge in [-0.15, -0.1) is 0 Å². The molecule has 0 saturated heterocycles. The van der Waals surface area contributed by atoms with E-state index in [1.165, 1.54) is 5.69 Å². The molecule has 7 heteroatoms. The average Bonchev–Trinajstić information content (AvgIpc) is 2.77. The summed E-state index contributed by atoms with van der Waals surface area (Å²) in [5, 5.41) is 8.72. The molecule has 2 aromatic carbocycles. The molecule has 0 heterocycles. The lowest BCUT2D eigenvalue weighted by Gasteiger charge is -2.20. The number of benzene rings is 2. The summed E-state index contributed by atoms with van der Waals surface area (Å²) in [6.45, 7) is 6.46. The Labute approximate surface area is 186 Å². The highest BCUT2D eigenvalue weighted by atomic mass is 32.3. The second-order valence-corrected chi connectivity index (χ2v) is 8.34. The maximum atomic E-state index is 11.9. The van der Waals surface area contributed by atoms with Crippen LogP contribution in [0.25, 0.3) is 12.2 Å². The summed E-state index contributed by atoms with van der Waals surface area (Å²) < 4.78 is 33.7. The van der Waals surface area contributed by atoms with Crippen LogP contribution in [0, 0.1) is 0 Å². The highest BCUT2D eigenvalue weighted by Crippen LogP contribution is 2.19. The van der Waals surface area contributed by atoms with Crippen molar-refractivity contribution in [1.29, 1.82) is 0 Å². The number of aliphatic hydroxyl groups is 1. The SMILES string of the molecule is CCN(CC)c1ccc(C=Cc2ccc(OS(=O)(=O)OCCCCCCO)cc2)cc1. The first kappa shape index (κ1) is 24.9. The van der Waals surface area contributed by atoms with Gasteiger partial charge in [0.2, 0.25) is 0 Å². The van der Waals surface area contributed by atoms with E-state index in [1.807, 2.05) is 12.2 Å². The van der Waals surface area contributed by atoms with E-state index in [1.54, 1.807) is 24.3 Å². The fraction of sp³-hybridized carbons (Fsp3) is 0.417. The van der Waals surface area contributed by atoms with E-state index in [0.29, 0.717) is 12.8 Å². The van der Waals surface area contributed by atoms with Gasteiger partial charge >= 0.3 is 10.4 Å². The maximum absolute atomic E-state index is 11.9. The van der Waals surface area contributed by atoms with E-state index in [2.05, 4.69) is 43.0 Å². The van der Waals surface area contributed by atoms with Gasteiger partial charge in [-0.3, -0.25) is 0 Å². The number of aliphatic hydroxyl groups excluding tert-OH is 1. The van der Waals surface area contributed by atoms with Gasteiger partial charge in [0.1, 0.15) is 5.75 Å². The van der Waals surface area contributed by atoms with Gasteiger partial charge in [0, 0.05) is 25.4 Å². The molecule has 0 saturated carbocycles. The molecule has 0 unspecified atom stereocenters. The van der Waals surface area contributed by atoms with Gasteiger partial charge in [-0.25, -0.2) is 4.18 Å². The largest absolute Gasteiger partial charge is 0.449 e. The standard InChI is InChI=1S/C24H33NO5S/c1-3-25(4-2)23-15-11-21(12-16-23)9-10-22-13-17-24(18-14-22)30-31(27,28)29-20-8-6-5-7-19-26/h9-18,26H,3-8,19-20H2,1-2H3. The first-order chi connectivity index (χ1) is 15.0. The van der Waals surface area contributed by atoms with Crippen LogP contribution < -0.4 is 9.08 Å². The number of nitrogens with zero attached hydrogens (tertiary/aromatic N) is 1. The van der Waals surface area contributed by atoms with Crippen LogP contribution in [0.1, 0.15) is 50.7 Å². The van der Waals surface area contributed by atoms with Crippen molar-refractivity contribution in [3.63, 3.8) is 0 Å². The topological polar surface area (TPSA) is 76.1 Å². The molecule has 0 spiro atoms. The van der Waals surface area contributed by atoms with Gasteiger partial charge in [-0.1, -0.05) is 49.3 Å². The fourth-order valence-corrected chi connectivity index (χ4v) is 3.80. The second kappa shape index (κ2) is 13.1. The molecule has 2 rings (SSSR count). The third-order valence-corrected chi connectivity index (χ3v) is 5.70. The van der Waals surface area contributed by atoms with E-state index >= 15 is 0 Å². The van der Waals surface area contributed by atoms with Crippen LogP contribution in [0.15, 0.2) is 48.5 Å². The molecule has 0 amide bonds. The summed E-state index contributed by atoms with van der Waals surface area (Å²) in [6.07, 6.45) is 6.94. The Bertz CT molecular complexity index is 889. The van der Waals surface area contributed by atoms with Crippen LogP contribution in [-0.2, 0) is 14.6 Å². The Balaban J connectivity index is 1.85. The zero-order chi connectivity index (χ0) is 22.5. The molecule has 0 radical (unpaired) electrons. The van der Waals surface area contributed by atoms with Crippen molar-refractivity contribution in [2.45, 2.75) is 39.5 Å². The first-order valence-electron chi connectivity index (χ1n) is 10.8. The Morgan fingerprint density at radius 3 is 1.94 bits per heavy atom. The molecule has 0 aliphatic rings. The highest BCUT2D eigenvalue weighted by molar-refractivity contribution is 7.82. The van der Waals surface area contributed by atoms with Crippen molar-refractivity contribution < 1.29 is 21.9 Å². The summed E-state index contributed by atoms with van der Waals surface area (Å²) >= 11 is 0. The summed E-state index contributed by atoms with van der Waals surface area (Å²) in [7, 11) is -4.08. The lowest BCUT2D eigenvalue weighted by molar-refractivity contribution is 0.257. The van der Waals surface area contributed by atoms with Crippen LogP contribution >= 0.6 is 0 Å². The molecule has 31 heavy (non-hydrogen) atoms. The van der Waals surface area contributed by atoms with Gasteiger partial charge in [0.15, 0.2) is 0 Å². The maximum Gasteiger partial charge on any atom is 0.449 e. The van der Waals surface area contributed by atoms with Crippen molar-refractivity contribution in [3.05, 3.63) is 59.7 Å². The Hall–Kier alpha value is -2.35. The van der Waals surface area contributed by atoms with Crippen LogP contribution in [-0.4, -0.2) is 39.8 Å². The number of hydrogen-bond donors (Lipinski definition) is 1. The van der Waals surface area contributed by atoms with Crippen molar-refractivity contribution in [2.24, 2.45) is 0 Å². The van der Waals surface area contributed by atoms with Gasteiger partial charge in [-0.05, 0) is 62.1 Å². The molecule has 170 valence electrons. The monoisotopic (exact) mass is 447 g/mol. The van der Waals surface area contributed by atoms with Crippen LogP contribution in [0.3, 0.4) is 0 Å². The lowest BCUT2D eigenvalue weighted by Crippen LogP contribution is -2.21. The summed E-state index contributed by atoms with van der Waals surface area (Å²) in [5.41, 5.74) is 3.23. The van der Waals surface area contributed by atoms with Gasteiger partial charge < -0.3 is 14.2 Å². The van der Waals surface area contributed by atoms with Crippen molar-refractivity contribution in [2.75, 3.05) is 31.2 Å². The summed E-state index contributed by atoms with van der Waals surface area (Å²) in [6, 6.07) is 15.2. The number of anilines is 1. The summed E-state index contributed by atoms with van der Waals surface area (Å²) in [5.74, 6) is 0.209. The third kappa shape index (κ3) is 9.12.